The molecule has 0 bridgehead atoms. The Balaban J connectivity index is 0.00000205. The van der Waals surface area contributed by atoms with Crippen molar-refractivity contribution >= 4 is 40.5 Å². The van der Waals surface area contributed by atoms with Crippen molar-refractivity contribution in [3.63, 3.8) is 0 Å². The van der Waals surface area contributed by atoms with E-state index in [0.717, 1.165) is 50.4 Å². The zero-order chi connectivity index (χ0) is 18.9. The van der Waals surface area contributed by atoms with Gasteiger partial charge in [0.2, 0.25) is 5.91 Å². The van der Waals surface area contributed by atoms with Crippen LogP contribution in [0.5, 0.6) is 0 Å². The predicted molar refractivity (Wildman–Crippen MR) is 122 cm³/mol. The van der Waals surface area contributed by atoms with Crippen molar-refractivity contribution in [2.45, 2.75) is 12.8 Å². The normalized spacial score (nSPS) is 16.4. The Bertz CT molecular complexity index is 1020. The molecular weight excluding hydrogens is 382 g/mol. The first-order valence-corrected chi connectivity index (χ1v) is 10.1. The van der Waals surface area contributed by atoms with Gasteiger partial charge in [-0.2, -0.15) is 0 Å². The van der Waals surface area contributed by atoms with Gasteiger partial charge in [-0.25, -0.2) is 0 Å². The van der Waals surface area contributed by atoms with E-state index in [1.54, 1.807) is 0 Å². The van der Waals surface area contributed by atoms with E-state index in [1.807, 2.05) is 6.07 Å². The molecule has 4 nitrogen and oxygen atoms in total. The van der Waals surface area contributed by atoms with Gasteiger partial charge >= 0.3 is 0 Å². The summed E-state index contributed by atoms with van der Waals surface area (Å²) < 4.78 is 0. The average Bonchev–Trinajstić information content (AvgIpc) is 3.11. The predicted octanol–water partition coefficient (Wildman–Crippen LogP) is 4.12. The van der Waals surface area contributed by atoms with Crippen LogP contribution in [-0.2, 0) is 17.6 Å². The molecular formula is C24H26ClN3O. The highest BCUT2D eigenvalue weighted by atomic mass is 35.5. The summed E-state index contributed by atoms with van der Waals surface area (Å²) in [5, 5.41) is 5.57. The first-order chi connectivity index (χ1) is 13.8. The van der Waals surface area contributed by atoms with Gasteiger partial charge in [-0.1, -0.05) is 48.5 Å². The van der Waals surface area contributed by atoms with Gasteiger partial charge in [0.05, 0.1) is 6.42 Å². The van der Waals surface area contributed by atoms with Crippen LogP contribution in [-0.4, -0.2) is 43.5 Å². The number of benzene rings is 3. The van der Waals surface area contributed by atoms with Crippen molar-refractivity contribution in [1.29, 1.82) is 0 Å². The second-order valence-electron chi connectivity index (χ2n) is 7.79. The first-order valence-electron chi connectivity index (χ1n) is 10.1. The Kier molecular flexibility index (Phi) is 5.74. The van der Waals surface area contributed by atoms with Gasteiger partial charge in [-0.3, -0.25) is 9.69 Å². The minimum absolute atomic E-state index is 0. The van der Waals surface area contributed by atoms with Gasteiger partial charge in [0.15, 0.2) is 0 Å². The SMILES string of the molecule is Cl.O=C1Cc2cc(CCN3CCN(c4cccc5ccccc45)CC3)ccc2N1. The van der Waals surface area contributed by atoms with Crippen LogP contribution in [0.2, 0.25) is 0 Å². The number of fused-ring (bicyclic) bond motifs is 2. The summed E-state index contributed by atoms with van der Waals surface area (Å²) in [5.74, 6) is 0.108. The molecule has 3 aromatic rings. The monoisotopic (exact) mass is 407 g/mol. The Labute approximate surface area is 177 Å². The van der Waals surface area contributed by atoms with Crippen molar-refractivity contribution < 1.29 is 4.79 Å². The number of nitrogens with zero attached hydrogens (tertiary/aromatic N) is 2. The van der Waals surface area contributed by atoms with Crippen LogP contribution in [0.15, 0.2) is 60.7 Å². The number of halogens is 1. The van der Waals surface area contributed by atoms with Gasteiger partial charge in [-0.05, 0) is 35.1 Å². The molecule has 1 fully saturated rings. The number of carbonyl (C=O) groups is 1. The van der Waals surface area contributed by atoms with Crippen molar-refractivity contribution in [2.24, 2.45) is 0 Å². The summed E-state index contributed by atoms with van der Waals surface area (Å²) in [6.45, 7) is 5.39. The van der Waals surface area contributed by atoms with E-state index in [9.17, 15) is 4.79 Å². The molecule has 0 radical (unpaired) electrons. The first kappa shape index (κ1) is 19.7. The van der Waals surface area contributed by atoms with Crippen molar-refractivity contribution in [2.75, 3.05) is 42.9 Å². The Morgan fingerprint density at radius 3 is 2.55 bits per heavy atom. The average molecular weight is 408 g/mol. The van der Waals surface area contributed by atoms with Gasteiger partial charge in [-0.15, -0.1) is 12.4 Å². The lowest BCUT2D eigenvalue weighted by molar-refractivity contribution is -0.115. The van der Waals surface area contributed by atoms with Crippen LogP contribution in [0.1, 0.15) is 11.1 Å². The fourth-order valence-electron chi connectivity index (χ4n) is 4.42. The summed E-state index contributed by atoms with van der Waals surface area (Å²) in [6.07, 6.45) is 1.56. The number of nitrogens with one attached hydrogen (secondary N) is 1. The fourth-order valence-corrected chi connectivity index (χ4v) is 4.42. The molecule has 0 saturated carbocycles. The maximum Gasteiger partial charge on any atom is 0.228 e. The van der Waals surface area contributed by atoms with E-state index in [2.05, 4.69) is 69.7 Å². The van der Waals surface area contributed by atoms with Crippen LogP contribution in [0.3, 0.4) is 0 Å². The second-order valence-corrected chi connectivity index (χ2v) is 7.79. The third kappa shape index (κ3) is 4.09. The molecule has 0 atom stereocenters. The number of rotatable bonds is 4. The molecule has 1 N–H and O–H groups in total. The molecule has 2 aliphatic heterocycles. The summed E-state index contributed by atoms with van der Waals surface area (Å²) in [7, 11) is 0. The molecule has 2 aliphatic rings. The summed E-state index contributed by atoms with van der Waals surface area (Å²) in [5.41, 5.74) is 4.81. The highest BCUT2D eigenvalue weighted by Crippen LogP contribution is 2.28. The maximum absolute atomic E-state index is 11.5. The van der Waals surface area contributed by atoms with Gasteiger partial charge in [0.1, 0.15) is 0 Å². The molecule has 5 rings (SSSR count). The third-order valence-corrected chi connectivity index (χ3v) is 5.99. The smallest absolute Gasteiger partial charge is 0.228 e. The molecule has 2 heterocycles. The highest BCUT2D eigenvalue weighted by molar-refractivity contribution is 5.99. The number of amides is 1. The van der Waals surface area contributed by atoms with Crippen LogP contribution in [0.25, 0.3) is 10.8 Å². The molecule has 1 amide bonds. The molecule has 0 aliphatic carbocycles. The summed E-state index contributed by atoms with van der Waals surface area (Å²) >= 11 is 0. The molecule has 1 saturated heterocycles. The minimum atomic E-state index is 0. The molecule has 29 heavy (non-hydrogen) atoms. The third-order valence-electron chi connectivity index (χ3n) is 5.99. The number of hydrogen-bond donors (Lipinski definition) is 1. The molecule has 3 aromatic carbocycles. The van der Waals surface area contributed by atoms with Gasteiger partial charge in [0, 0.05) is 49.5 Å². The van der Waals surface area contributed by atoms with E-state index >= 15 is 0 Å². The minimum Gasteiger partial charge on any atom is -0.368 e. The summed E-state index contributed by atoms with van der Waals surface area (Å²) in [6, 6.07) is 21.6. The number of carbonyl (C=O) groups excluding carboxylic acids is 1. The van der Waals surface area contributed by atoms with Crippen LogP contribution in [0, 0.1) is 0 Å². The Morgan fingerprint density at radius 2 is 1.69 bits per heavy atom. The van der Waals surface area contributed by atoms with Crippen molar-refractivity contribution in [1.82, 2.24) is 4.90 Å². The quantitative estimate of drug-likeness (QED) is 0.706. The van der Waals surface area contributed by atoms with E-state index in [1.165, 1.54) is 22.0 Å². The van der Waals surface area contributed by atoms with Gasteiger partial charge < -0.3 is 10.2 Å². The molecule has 0 aromatic heterocycles. The number of anilines is 2. The van der Waals surface area contributed by atoms with Crippen LogP contribution < -0.4 is 10.2 Å². The summed E-state index contributed by atoms with van der Waals surface area (Å²) in [4.78, 5) is 16.6. The van der Waals surface area contributed by atoms with E-state index in [4.69, 9.17) is 0 Å². The Hall–Kier alpha value is -2.56. The van der Waals surface area contributed by atoms with Gasteiger partial charge in [0.25, 0.3) is 0 Å². The lowest BCUT2D eigenvalue weighted by Gasteiger charge is -2.36. The fraction of sp³-hybridized carbons (Fsp3) is 0.292. The molecule has 0 spiro atoms. The van der Waals surface area contributed by atoms with Crippen molar-refractivity contribution in [3.05, 3.63) is 71.8 Å². The van der Waals surface area contributed by atoms with Crippen molar-refractivity contribution in [3.8, 4) is 0 Å². The molecule has 0 unspecified atom stereocenters. The number of piperazine rings is 1. The largest absolute Gasteiger partial charge is 0.368 e. The number of hydrogen-bond acceptors (Lipinski definition) is 3. The van der Waals surface area contributed by atoms with E-state index < -0.39 is 0 Å². The second kappa shape index (κ2) is 8.44. The van der Waals surface area contributed by atoms with E-state index in [0.29, 0.717) is 6.42 Å². The topological polar surface area (TPSA) is 35.6 Å². The molecule has 150 valence electrons. The van der Waals surface area contributed by atoms with Crippen LogP contribution in [0.4, 0.5) is 11.4 Å². The zero-order valence-electron chi connectivity index (χ0n) is 16.4. The lowest BCUT2D eigenvalue weighted by atomic mass is 10.1. The maximum atomic E-state index is 11.5. The highest BCUT2D eigenvalue weighted by Gasteiger charge is 2.20. The van der Waals surface area contributed by atoms with Crippen LogP contribution >= 0.6 is 12.4 Å². The molecule has 5 heteroatoms. The standard InChI is InChI=1S/C24H25N3O.ClH/c28-24-17-20-16-18(8-9-22(20)25-24)10-11-26-12-14-27(15-13-26)23-7-3-5-19-4-1-2-6-21(19)23;/h1-9,16H,10-15,17H2,(H,25,28);1H. The van der Waals surface area contributed by atoms with E-state index in [-0.39, 0.29) is 18.3 Å². The lowest BCUT2D eigenvalue weighted by Crippen LogP contribution is -2.47. The zero-order valence-corrected chi connectivity index (χ0v) is 17.3. The Morgan fingerprint density at radius 1 is 0.897 bits per heavy atom.